The molecule has 17 heavy (non-hydrogen) atoms. The second-order valence-electron chi connectivity index (χ2n) is 4.05. The lowest BCUT2D eigenvalue weighted by molar-refractivity contribution is -0.123. The van der Waals surface area contributed by atoms with Crippen LogP contribution in [-0.2, 0) is 4.79 Å². The largest absolute Gasteiger partial charge is 0.374 e. The van der Waals surface area contributed by atoms with Crippen LogP contribution in [0.15, 0.2) is 18.3 Å². The van der Waals surface area contributed by atoms with Gasteiger partial charge in [0.15, 0.2) is 0 Å². The smallest absolute Gasteiger partial charge is 0.224 e. The summed E-state index contributed by atoms with van der Waals surface area (Å²) in [6.07, 6.45) is 1.75. The van der Waals surface area contributed by atoms with E-state index < -0.39 is 0 Å². The van der Waals surface area contributed by atoms with Gasteiger partial charge in [0.05, 0.1) is 5.92 Å². The molecule has 5 nitrogen and oxygen atoms in total. The van der Waals surface area contributed by atoms with Crippen molar-refractivity contribution in [3.63, 3.8) is 0 Å². The topological polar surface area (TPSA) is 57.3 Å². The molecule has 0 spiro atoms. The maximum atomic E-state index is 11.4. The molecule has 0 aromatic carbocycles. The van der Waals surface area contributed by atoms with Crippen LogP contribution in [0.2, 0.25) is 0 Å². The summed E-state index contributed by atoms with van der Waals surface area (Å²) in [6.45, 7) is 2.59. The predicted molar refractivity (Wildman–Crippen MR) is 70.3 cm³/mol. The molecule has 0 aliphatic heterocycles. The van der Waals surface area contributed by atoms with E-state index in [2.05, 4.69) is 15.6 Å². The van der Waals surface area contributed by atoms with E-state index in [1.807, 2.05) is 38.1 Å². The van der Waals surface area contributed by atoms with Gasteiger partial charge in [-0.3, -0.25) is 4.79 Å². The maximum absolute atomic E-state index is 11.4. The first-order valence-electron chi connectivity index (χ1n) is 5.65. The minimum absolute atomic E-state index is 0.0452. The van der Waals surface area contributed by atoms with Crippen molar-refractivity contribution in [2.45, 2.75) is 6.92 Å². The van der Waals surface area contributed by atoms with Crippen LogP contribution in [0, 0.1) is 5.92 Å². The van der Waals surface area contributed by atoms with Crippen LogP contribution in [0.4, 0.5) is 11.5 Å². The van der Waals surface area contributed by atoms with Crippen LogP contribution in [-0.4, -0.2) is 38.6 Å². The van der Waals surface area contributed by atoms with E-state index in [9.17, 15) is 4.79 Å². The first kappa shape index (κ1) is 13.3. The van der Waals surface area contributed by atoms with Crippen LogP contribution in [0.3, 0.4) is 0 Å². The summed E-state index contributed by atoms with van der Waals surface area (Å²) in [5.41, 5.74) is 1.04. The van der Waals surface area contributed by atoms with Gasteiger partial charge in [0.25, 0.3) is 0 Å². The molecule has 0 aliphatic rings. The Morgan fingerprint density at radius 3 is 2.82 bits per heavy atom. The SMILES string of the molecule is CNC(=O)C(C)CN(C)c1ccnc(NC)c1. The second kappa shape index (κ2) is 6.08. The van der Waals surface area contributed by atoms with E-state index in [0.29, 0.717) is 6.54 Å². The molecule has 1 aromatic rings. The molecule has 0 saturated heterocycles. The normalized spacial score (nSPS) is 11.8. The molecule has 1 amide bonds. The van der Waals surface area contributed by atoms with Crippen molar-refractivity contribution in [2.75, 3.05) is 37.9 Å². The summed E-state index contributed by atoms with van der Waals surface area (Å²) in [4.78, 5) is 17.6. The van der Waals surface area contributed by atoms with Crippen molar-refractivity contribution >= 4 is 17.4 Å². The number of pyridine rings is 1. The molecule has 0 saturated carbocycles. The van der Waals surface area contributed by atoms with Gasteiger partial charge in [0.1, 0.15) is 5.82 Å². The average Bonchev–Trinajstić information content (AvgIpc) is 2.37. The predicted octanol–water partition coefficient (Wildman–Crippen LogP) is 0.942. The number of rotatable bonds is 5. The van der Waals surface area contributed by atoms with Crippen LogP contribution < -0.4 is 15.5 Å². The Morgan fingerprint density at radius 2 is 2.24 bits per heavy atom. The summed E-state index contributed by atoms with van der Waals surface area (Å²) in [6, 6.07) is 3.88. The van der Waals surface area contributed by atoms with Gasteiger partial charge < -0.3 is 15.5 Å². The molecule has 1 heterocycles. The Morgan fingerprint density at radius 1 is 1.53 bits per heavy atom. The molecule has 0 radical (unpaired) electrons. The number of hydrogen-bond acceptors (Lipinski definition) is 4. The molecule has 94 valence electrons. The van der Waals surface area contributed by atoms with E-state index in [1.165, 1.54) is 0 Å². The van der Waals surface area contributed by atoms with Gasteiger partial charge in [-0.2, -0.15) is 0 Å². The summed E-state index contributed by atoms with van der Waals surface area (Å²) >= 11 is 0. The fraction of sp³-hybridized carbons (Fsp3) is 0.500. The van der Waals surface area contributed by atoms with Crippen molar-refractivity contribution in [1.82, 2.24) is 10.3 Å². The van der Waals surface area contributed by atoms with E-state index in [4.69, 9.17) is 0 Å². The average molecular weight is 236 g/mol. The highest BCUT2D eigenvalue weighted by molar-refractivity contribution is 5.78. The number of carbonyl (C=O) groups excluding carboxylic acids is 1. The number of nitrogens with zero attached hydrogens (tertiary/aromatic N) is 2. The van der Waals surface area contributed by atoms with Crippen molar-refractivity contribution in [3.8, 4) is 0 Å². The molecule has 5 heteroatoms. The van der Waals surface area contributed by atoms with Gasteiger partial charge in [0.2, 0.25) is 5.91 Å². The minimum Gasteiger partial charge on any atom is -0.374 e. The highest BCUT2D eigenvalue weighted by Crippen LogP contribution is 2.16. The van der Waals surface area contributed by atoms with Crippen molar-refractivity contribution in [2.24, 2.45) is 5.92 Å². The number of hydrogen-bond donors (Lipinski definition) is 2. The van der Waals surface area contributed by atoms with E-state index >= 15 is 0 Å². The molecule has 1 atom stereocenters. The molecule has 1 aromatic heterocycles. The summed E-state index contributed by atoms with van der Waals surface area (Å²) in [5, 5.41) is 5.65. The van der Waals surface area contributed by atoms with Gasteiger partial charge >= 0.3 is 0 Å². The van der Waals surface area contributed by atoms with Gasteiger partial charge in [-0.05, 0) is 6.07 Å². The summed E-state index contributed by atoms with van der Waals surface area (Å²) < 4.78 is 0. The number of amides is 1. The highest BCUT2D eigenvalue weighted by atomic mass is 16.1. The molecular formula is C12H20N4O. The zero-order valence-electron chi connectivity index (χ0n) is 10.8. The lowest BCUT2D eigenvalue weighted by Crippen LogP contribution is -2.34. The fourth-order valence-corrected chi connectivity index (χ4v) is 1.64. The first-order valence-corrected chi connectivity index (χ1v) is 5.65. The maximum Gasteiger partial charge on any atom is 0.224 e. The van der Waals surface area contributed by atoms with Crippen molar-refractivity contribution in [3.05, 3.63) is 18.3 Å². The third kappa shape index (κ3) is 3.62. The molecule has 0 fully saturated rings. The molecule has 1 unspecified atom stereocenters. The van der Waals surface area contributed by atoms with Crippen LogP contribution in [0.5, 0.6) is 0 Å². The Kier molecular flexibility index (Phi) is 4.75. The standard InChI is InChI=1S/C12H20N4O/c1-9(12(17)14-3)8-16(4)10-5-6-15-11(7-10)13-2/h5-7,9H,8H2,1-4H3,(H,13,15)(H,14,17). The highest BCUT2D eigenvalue weighted by Gasteiger charge is 2.14. The monoisotopic (exact) mass is 236 g/mol. The minimum atomic E-state index is -0.0452. The third-order valence-corrected chi connectivity index (χ3v) is 2.68. The number of aromatic nitrogens is 1. The summed E-state index contributed by atoms with van der Waals surface area (Å²) in [7, 11) is 5.46. The zero-order valence-corrected chi connectivity index (χ0v) is 10.8. The first-order chi connectivity index (χ1) is 8.08. The molecule has 0 bridgehead atoms. The lowest BCUT2D eigenvalue weighted by atomic mass is 10.1. The van der Waals surface area contributed by atoms with Crippen LogP contribution >= 0.6 is 0 Å². The molecule has 1 rings (SSSR count). The zero-order chi connectivity index (χ0) is 12.8. The van der Waals surface area contributed by atoms with Gasteiger partial charge in [-0.25, -0.2) is 4.98 Å². The Labute approximate surface area is 102 Å². The quantitative estimate of drug-likeness (QED) is 0.799. The molecule has 2 N–H and O–H groups in total. The van der Waals surface area contributed by atoms with Crippen LogP contribution in [0.1, 0.15) is 6.92 Å². The number of anilines is 2. The van der Waals surface area contributed by atoms with Gasteiger partial charge in [-0.15, -0.1) is 0 Å². The number of carbonyl (C=O) groups is 1. The van der Waals surface area contributed by atoms with E-state index in [0.717, 1.165) is 11.5 Å². The van der Waals surface area contributed by atoms with E-state index in [-0.39, 0.29) is 11.8 Å². The van der Waals surface area contributed by atoms with Gasteiger partial charge in [0, 0.05) is 45.6 Å². The van der Waals surface area contributed by atoms with Gasteiger partial charge in [-0.1, -0.05) is 6.92 Å². The Balaban J connectivity index is 2.68. The number of nitrogens with one attached hydrogen (secondary N) is 2. The second-order valence-corrected chi connectivity index (χ2v) is 4.05. The van der Waals surface area contributed by atoms with Crippen LogP contribution in [0.25, 0.3) is 0 Å². The lowest BCUT2D eigenvalue weighted by Gasteiger charge is -2.22. The Bertz CT molecular complexity index is 381. The summed E-state index contributed by atoms with van der Waals surface area (Å²) in [5.74, 6) is 0.831. The van der Waals surface area contributed by atoms with Crippen molar-refractivity contribution < 1.29 is 4.79 Å². The van der Waals surface area contributed by atoms with Crippen molar-refractivity contribution in [1.29, 1.82) is 0 Å². The van der Waals surface area contributed by atoms with E-state index in [1.54, 1.807) is 13.2 Å². The molecular weight excluding hydrogens is 216 g/mol. The molecule has 0 aliphatic carbocycles. The third-order valence-electron chi connectivity index (χ3n) is 2.68. The fourth-order valence-electron chi connectivity index (χ4n) is 1.64. The Hall–Kier alpha value is -1.78.